The minimum Gasteiger partial charge on any atom is -0.462 e. The van der Waals surface area contributed by atoms with E-state index in [2.05, 4.69) is 5.32 Å². The molecule has 4 rings (SSSR count). The first-order valence-corrected chi connectivity index (χ1v) is 12.2. The molecule has 0 bridgehead atoms. The molecule has 0 aliphatic carbocycles. The number of carbonyl (C=O) groups excluding carboxylic acids is 3. The monoisotopic (exact) mass is 516 g/mol. The summed E-state index contributed by atoms with van der Waals surface area (Å²) in [4.78, 5) is 39.1. The maximum absolute atomic E-state index is 13.5. The van der Waals surface area contributed by atoms with Gasteiger partial charge in [-0.15, -0.1) is 0 Å². The van der Waals surface area contributed by atoms with Crippen LogP contribution >= 0.6 is 11.6 Å². The molecule has 2 amide bonds. The van der Waals surface area contributed by atoms with Gasteiger partial charge in [0.1, 0.15) is 12.4 Å². The lowest BCUT2D eigenvalue weighted by atomic mass is 10.1. The predicted molar refractivity (Wildman–Crippen MR) is 126 cm³/mol. The Kier molecular flexibility index (Phi) is 6.60. The van der Waals surface area contributed by atoms with Gasteiger partial charge in [0.25, 0.3) is 5.91 Å². The summed E-state index contributed by atoms with van der Waals surface area (Å²) >= 11 is 5.76. The Hall–Kier alpha value is -3.76. The van der Waals surface area contributed by atoms with Gasteiger partial charge in [-0.3, -0.25) is 14.5 Å². The van der Waals surface area contributed by atoms with E-state index in [4.69, 9.17) is 16.3 Å². The van der Waals surface area contributed by atoms with Crippen LogP contribution in [0.5, 0.6) is 0 Å². The van der Waals surface area contributed by atoms with Crippen molar-refractivity contribution >= 4 is 50.6 Å². The second-order valence-electron chi connectivity index (χ2n) is 7.47. The number of hydrogen-bond acceptors (Lipinski definition) is 6. The van der Waals surface area contributed by atoms with E-state index in [1.165, 1.54) is 54.6 Å². The zero-order valence-corrected chi connectivity index (χ0v) is 19.8. The van der Waals surface area contributed by atoms with Crippen molar-refractivity contribution in [2.75, 3.05) is 23.4 Å². The zero-order valence-electron chi connectivity index (χ0n) is 18.2. The van der Waals surface area contributed by atoms with Crippen LogP contribution in [0.3, 0.4) is 0 Å². The molecule has 1 heterocycles. The number of nitrogens with one attached hydrogen (secondary N) is 1. The van der Waals surface area contributed by atoms with E-state index < -0.39 is 40.0 Å². The van der Waals surface area contributed by atoms with Gasteiger partial charge in [0, 0.05) is 5.69 Å². The first kappa shape index (κ1) is 24.4. The van der Waals surface area contributed by atoms with Crippen molar-refractivity contribution in [3.05, 3.63) is 82.6 Å². The summed E-state index contributed by atoms with van der Waals surface area (Å²) in [5, 5.41) is 2.30. The summed E-state index contributed by atoms with van der Waals surface area (Å²) in [5.74, 6) is -2.84. The van der Waals surface area contributed by atoms with E-state index in [0.29, 0.717) is 0 Å². The number of rotatable bonds is 5. The number of anilines is 2. The van der Waals surface area contributed by atoms with Crippen molar-refractivity contribution in [1.82, 2.24) is 0 Å². The van der Waals surface area contributed by atoms with Crippen molar-refractivity contribution in [3.8, 4) is 0 Å². The van der Waals surface area contributed by atoms with Crippen LogP contribution in [0.1, 0.15) is 27.6 Å². The molecule has 0 radical (unpaired) electrons. The van der Waals surface area contributed by atoms with Gasteiger partial charge in [0.05, 0.1) is 38.2 Å². The van der Waals surface area contributed by atoms with Gasteiger partial charge in [-0.1, -0.05) is 23.7 Å². The van der Waals surface area contributed by atoms with Crippen molar-refractivity contribution in [3.63, 3.8) is 0 Å². The Bertz CT molecular complexity index is 1470. The van der Waals surface area contributed by atoms with E-state index in [1.807, 2.05) is 0 Å². The molecule has 0 saturated carbocycles. The molecule has 3 aromatic rings. The fourth-order valence-electron chi connectivity index (χ4n) is 3.62. The highest BCUT2D eigenvalue weighted by molar-refractivity contribution is 7.91. The number of nitrogens with zero attached hydrogens (tertiary/aromatic N) is 1. The number of ether oxygens (including phenoxy) is 1. The topological polar surface area (TPSA) is 110 Å². The summed E-state index contributed by atoms with van der Waals surface area (Å²) in [5.41, 5.74) is -0.0875. The Morgan fingerprint density at radius 1 is 1.06 bits per heavy atom. The first-order chi connectivity index (χ1) is 16.6. The number of hydrogen-bond donors (Lipinski definition) is 1. The van der Waals surface area contributed by atoms with Crippen LogP contribution in [-0.4, -0.2) is 39.4 Å². The molecular formula is C24H18ClFN2O6S. The number of esters is 1. The highest BCUT2D eigenvalue weighted by atomic mass is 35.5. The molecule has 0 unspecified atom stereocenters. The normalized spacial score (nSPS) is 13.9. The molecule has 0 fully saturated rings. The standard InChI is InChI=1S/C24H18ClFN2O6S/c1-2-34-24(31)14-7-10-21-19(11-14)28(13-22(29)27-15-8-9-18(26)17(25)12-15)23(30)16-5-3-4-6-20(16)35(21,32)33/h3-12H,2,13H2,1H3,(H,27,29). The van der Waals surface area contributed by atoms with Gasteiger partial charge in [-0.05, 0) is 55.5 Å². The zero-order chi connectivity index (χ0) is 25.3. The maximum Gasteiger partial charge on any atom is 0.338 e. The largest absolute Gasteiger partial charge is 0.462 e. The number of amides is 2. The van der Waals surface area contributed by atoms with Crippen molar-refractivity contribution in [1.29, 1.82) is 0 Å². The fraction of sp³-hybridized carbons (Fsp3) is 0.125. The quantitative estimate of drug-likeness (QED) is 0.511. The average Bonchev–Trinajstić information content (AvgIpc) is 2.90. The number of benzene rings is 3. The van der Waals surface area contributed by atoms with Crippen LogP contribution in [0.2, 0.25) is 5.02 Å². The average molecular weight is 517 g/mol. The van der Waals surface area contributed by atoms with Crippen LogP contribution in [0.25, 0.3) is 0 Å². The van der Waals surface area contributed by atoms with E-state index in [1.54, 1.807) is 6.92 Å². The second kappa shape index (κ2) is 9.47. The van der Waals surface area contributed by atoms with E-state index in [9.17, 15) is 27.2 Å². The first-order valence-electron chi connectivity index (χ1n) is 10.4. The summed E-state index contributed by atoms with van der Waals surface area (Å²) in [7, 11) is -4.17. The molecule has 0 spiro atoms. The number of sulfone groups is 1. The highest BCUT2D eigenvalue weighted by Gasteiger charge is 2.37. The van der Waals surface area contributed by atoms with Crippen LogP contribution in [-0.2, 0) is 19.4 Å². The molecule has 35 heavy (non-hydrogen) atoms. The molecule has 3 aromatic carbocycles. The SMILES string of the molecule is CCOC(=O)c1ccc2c(c1)N(CC(=O)Nc1ccc(F)c(Cl)c1)C(=O)c1ccccc1S2(=O)=O. The van der Waals surface area contributed by atoms with E-state index in [-0.39, 0.29) is 43.9 Å². The molecule has 11 heteroatoms. The third-order valence-electron chi connectivity index (χ3n) is 5.21. The second-order valence-corrected chi connectivity index (χ2v) is 9.76. The summed E-state index contributed by atoms with van der Waals surface area (Å²) < 4.78 is 45.3. The van der Waals surface area contributed by atoms with Gasteiger partial charge < -0.3 is 10.1 Å². The molecule has 0 aromatic heterocycles. The number of fused-ring (bicyclic) bond motifs is 2. The van der Waals surface area contributed by atoms with Gasteiger partial charge in [0.2, 0.25) is 15.7 Å². The van der Waals surface area contributed by atoms with Crippen molar-refractivity contribution < 1.29 is 31.9 Å². The van der Waals surface area contributed by atoms with Gasteiger partial charge >= 0.3 is 5.97 Å². The minimum absolute atomic E-state index is 0.00952. The number of halogens is 2. The Morgan fingerprint density at radius 3 is 2.51 bits per heavy atom. The molecule has 0 saturated heterocycles. The lowest BCUT2D eigenvalue weighted by molar-refractivity contribution is -0.114. The van der Waals surface area contributed by atoms with Crippen molar-refractivity contribution in [2.24, 2.45) is 0 Å². The molecular weight excluding hydrogens is 499 g/mol. The Balaban J connectivity index is 1.81. The molecule has 180 valence electrons. The Labute approximate surface area is 205 Å². The molecule has 1 N–H and O–H groups in total. The van der Waals surface area contributed by atoms with Gasteiger partial charge in [-0.25, -0.2) is 17.6 Å². The van der Waals surface area contributed by atoms with Crippen molar-refractivity contribution in [2.45, 2.75) is 16.7 Å². The summed E-state index contributed by atoms with van der Waals surface area (Å²) in [6.07, 6.45) is 0. The number of carbonyl (C=O) groups is 3. The van der Waals surface area contributed by atoms with Crippen LogP contribution < -0.4 is 10.2 Å². The predicted octanol–water partition coefficient (Wildman–Crippen LogP) is 4.09. The molecule has 0 atom stereocenters. The Morgan fingerprint density at radius 2 is 1.80 bits per heavy atom. The van der Waals surface area contributed by atoms with Gasteiger partial charge in [0.15, 0.2) is 0 Å². The van der Waals surface area contributed by atoms with E-state index >= 15 is 0 Å². The molecule has 1 aliphatic rings. The smallest absolute Gasteiger partial charge is 0.338 e. The van der Waals surface area contributed by atoms with Crippen LogP contribution in [0.4, 0.5) is 15.8 Å². The fourth-order valence-corrected chi connectivity index (χ4v) is 5.43. The molecule has 1 aliphatic heterocycles. The summed E-state index contributed by atoms with van der Waals surface area (Å²) in [6.45, 7) is 1.10. The van der Waals surface area contributed by atoms with Gasteiger partial charge in [-0.2, -0.15) is 0 Å². The lowest BCUT2D eigenvalue weighted by Crippen LogP contribution is -2.38. The highest BCUT2D eigenvalue weighted by Crippen LogP contribution is 2.37. The van der Waals surface area contributed by atoms with Crippen LogP contribution in [0.15, 0.2) is 70.5 Å². The minimum atomic E-state index is -4.17. The van der Waals surface area contributed by atoms with E-state index in [0.717, 1.165) is 11.0 Å². The third kappa shape index (κ3) is 4.62. The summed E-state index contributed by atoms with van der Waals surface area (Å²) in [6, 6.07) is 12.9. The maximum atomic E-state index is 13.5. The third-order valence-corrected chi connectivity index (χ3v) is 7.36. The molecule has 8 nitrogen and oxygen atoms in total. The van der Waals surface area contributed by atoms with Crippen LogP contribution in [0, 0.1) is 5.82 Å². The lowest BCUT2D eigenvalue weighted by Gasteiger charge is -2.23.